The monoisotopic (exact) mass is 644 g/mol. The smallest absolute Gasteiger partial charge is 0.257 e. The van der Waals surface area contributed by atoms with Crippen LogP contribution in [0.15, 0.2) is 32.3 Å². The van der Waals surface area contributed by atoms with Gasteiger partial charge in [0.2, 0.25) is 0 Å². The Kier molecular flexibility index (Phi) is 6.55. The predicted molar refractivity (Wildman–Crippen MR) is 165 cm³/mol. The zero-order valence-electron chi connectivity index (χ0n) is 33.5. The van der Waals surface area contributed by atoms with E-state index < -0.39 is 77.3 Å². The minimum absolute atomic E-state index is 0. The number of piperidine rings is 1. The van der Waals surface area contributed by atoms with Crippen LogP contribution < -0.4 is 23.5 Å². The molecule has 0 N–H and O–H groups in total. The average Bonchev–Trinajstić information content (AvgIpc) is 3.50. The number of nitrogens with zero attached hydrogens (tertiary/aromatic N) is 6. The van der Waals surface area contributed by atoms with Crippen LogP contribution >= 0.6 is 0 Å². The lowest BCUT2D eigenvalue weighted by Gasteiger charge is -2.44. The summed E-state index contributed by atoms with van der Waals surface area (Å²) in [5, 5.41) is 4.69. The molecule has 9 nitrogen and oxygen atoms in total. The molecule has 0 bridgehead atoms. The highest BCUT2D eigenvalue weighted by Gasteiger charge is 2.37. The van der Waals surface area contributed by atoms with E-state index in [1.54, 1.807) is 0 Å². The van der Waals surface area contributed by atoms with Crippen LogP contribution in [0.3, 0.4) is 0 Å². The van der Waals surface area contributed by atoms with Crippen molar-refractivity contribution < 1.29 is 36.8 Å². The molecule has 0 amide bonds. The SMILES string of the molecule is [2H]C([2H])(c1c(C)nc2n(c1=O)CCCC2)C([2H])([2H])[N+]1(C([2H])([2H])C([2H])([2H])c2c(C)nc3n(c2=O)CCCC3)CCC(c2noc3cc(F)ccc23)CC1.[Cl-]. The zero-order valence-corrected chi connectivity index (χ0v) is 26.2. The summed E-state index contributed by atoms with van der Waals surface area (Å²) in [4.78, 5) is 37.0. The van der Waals surface area contributed by atoms with Crippen LogP contribution in [0.2, 0.25) is 0 Å². The number of halogens is 2. The number of benzene rings is 1. The molecule has 6 heterocycles. The fraction of sp³-hybridized carbons (Fsp3) is 0.559. The standard InChI is InChI=1S/C34H42FN6O3.ClH/c1-22-26(33(42)39-15-5-3-7-30(39)36-22)13-19-41(20-14-27-23(2)37-31-8-4-6-16-40(31)34(27)43)17-11-24(12-18-41)32-28-10-9-25(35)21-29(28)44-38-32;/h9-10,21,24H,3-8,11-20H2,1-2H3;1H/q+1;/p-1/i13D2,14D2,19D2,20D2;. The van der Waals surface area contributed by atoms with Crippen LogP contribution in [0, 0.1) is 19.7 Å². The van der Waals surface area contributed by atoms with Gasteiger partial charge in [0.15, 0.2) is 5.58 Å². The van der Waals surface area contributed by atoms with E-state index in [1.807, 2.05) is 0 Å². The van der Waals surface area contributed by atoms with E-state index >= 15 is 0 Å². The quantitative estimate of drug-likeness (QED) is 0.284. The number of fused-ring (bicyclic) bond motifs is 3. The van der Waals surface area contributed by atoms with Gasteiger partial charge in [0, 0.05) is 96.9 Å². The molecule has 1 aromatic carbocycles. The summed E-state index contributed by atoms with van der Waals surface area (Å²) in [7, 11) is 0. The fourth-order valence-electron chi connectivity index (χ4n) is 6.76. The van der Waals surface area contributed by atoms with E-state index in [2.05, 4.69) is 15.1 Å². The number of rotatable bonds is 7. The summed E-state index contributed by atoms with van der Waals surface area (Å²) in [6, 6.07) is 3.96. The minimum Gasteiger partial charge on any atom is -1.00 e. The summed E-state index contributed by atoms with van der Waals surface area (Å²) in [6.45, 7) is -4.06. The third-order valence-corrected chi connectivity index (χ3v) is 9.28. The first-order valence-corrected chi connectivity index (χ1v) is 15.5. The van der Waals surface area contributed by atoms with E-state index in [4.69, 9.17) is 4.52 Å². The van der Waals surface area contributed by atoms with E-state index in [-0.39, 0.29) is 55.3 Å². The van der Waals surface area contributed by atoms with Crippen molar-refractivity contribution in [3.63, 3.8) is 0 Å². The molecule has 45 heavy (non-hydrogen) atoms. The second kappa shape index (κ2) is 12.8. The fourth-order valence-corrected chi connectivity index (χ4v) is 6.76. The van der Waals surface area contributed by atoms with Gasteiger partial charge in [0.25, 0.3) is 11.1 Å². The van der Waals surface area contributed by atoms with E-state index in [9.17, 15) is 24.9 Å². The number of likely N-dealkylation sites (tertiary alicyclic amines) is 1. The van der Waals surface area contributed by atoms with Crippen LogP contribution in [0.5, 0.6) is 0 Å². The molecule has 1 saturated heterocycles. The largest absolute Gasteiger partial charge is 1.00 e. The van der Waals surface area contributed by atoms with Gasteiger partial charge in [-0.05, 0) is 51.7 Å². The van der Waals surface area contributed by atoms with Gasteiger partial charge < -0.3 is 21.4 Å². The number of aromatic nitrogens is 5. The van der Waals surface area contributed by atoms with Crippen LogP contribution in [-0.2, 0) is 38.7 Å². The average molecular weight is 645 g/mol. The van der Waals surface area contributed by atoms with Gasteiger partial charge in [0.05, 0.1) is 37.3 Å². The van der Waals surface area contributed by atoms with Gasteiger partial charge in [0.1, 0.15) is 17.5 Å². The van der Waals surface area contributed by atoms with Gasteiger partial charge >= 0.3 is 0 Å². The lowest BCUT2D eigenvalue weighted by atomic mass is 9.89. The zero-order chi connectivity index (χ0) is 37.6. The second-order valence-electron chi connectivity index (χ2n) is 12.2. The third-order valence-electron chi connectivity index (χ3n) is 9.28. The molecule has 0 aliphatic carbocycles. The molecule has 7 rings (SSSR count). The van der Waals surface area contributed by atoms with Crippen molar-refractivity contribution in [2.45, 2.75) is 97.0 Å². The van der Waals surface area contributed by atoms with Crippen molar-refractivity contribution in [3.8, 4) is 0 Å². The molecule has 0 unspecified atom stereocenters. The van der Waals surface area contributed by atoms with Crippen LogP contribution in [0.25, 0.3) is 11.0 Å². The summed E-state index contributed by atoms with van der Waals surface area (Å²) in [5.74, 6) is -0.0374. The van der Waals surface area contributed by atoms with Crippen molar-refractivity contribution in [1.29, 1.82) is 0 Å². The molecule has 240 valence electrons. The molecular weight excluding hydrogens is 595 g/mol. The first-order chi connectivity index (χ1) is 24.4. The summed E-state index contributed by atoms with van der Waals surface area (Å²) in [5.41, 5.74) is -1.97. The first kappa shape index (κ1) is 23.0. The maximum Gasteiger partial charge on any atom is 0.257 e. The molecule has 11 heteroatoms. The number of hydrogen-bond donors (Lipinski definition) is 0. The molecule has 1 fully saturated rings. The summed E-state index contributed by atoms with van der Waals surface area (Å²) >= 11 is 0. The molecule has 0 spiro atoms. The number of hydrogen-bond acceptors (Lipinski definition) is 6. The highest BCUT2D eigenvalue weighted by atomic mass is 35.5. The topological polar surface area (TPSA) is 95.8 Å². The lowest BCUT2D eigenvalue weighted by Crippen LogP contribution is -3.00. The van der Waals surface area contributed by atoms with Gasteiger partial charge in [-0.3, -0.25) is 18.7 Å². The number of quaternary nitrogens is 1. The first-order valence-electron chi connectivity index (χ1n) is 19.5. The Hall–Kier alpha value is -3.37. The Morgan fingerprint density at radius 3 is 2.02 bits per heavy atom. The van der Waals surface area contributed by atoms with Crippen LogP contribution in [0.1, 0.15) is 95.3 Å². The molecule has 0 radical (unpaired) electrons. The van der Waals surface area contributed by atoms with Gasteiger partial charge in [-0.1, -0.05) is 5.16 Å². The van der Waals surface area contributed by atoms with E-state index in [1.165, 1.54) is 41.2 Å². The third kappa shape index (κ3) is 5.99. The van der Waals surface area contributed by atoms with Crippen LogP contribution in [-0.4, -0.2) is 54.8 Å². The Labute approximate surface area is 279 Å². The maximum atomic E-state index is 14.0. The second-order valence-corrected chi connectivity index (χ2v) is 12.2. The Morgan fingerprint density at radius 1 is 0.911 bits per heavy atom. The Bertz CT molecular complexity index is 2090. The molecule has 3 aromatic heterocycles. The van der Waals surface area contributed by atoms with Gasteiger partial charge in [-0.25, -0.2) is 14.4 Å². The lowest BCUT2D eigenvalue weighted by molar-refractivity contribution is -0.932. The maximum absolute atomic E-state index is 14.0. The minimum atomic E-state index is -3.30. The molecule has 4 aromatic rings. The van der Waals surface area contributed by atoms with Crippen molar-refractivity contribution in [3.05, 3.63) is 84.6 Å². The molecule has 3 aliphatic heterocycles. The highest BCUT2D eigenvalue weighted by Crippen LogP contribution is 2.35. The number of aryl methyl sites for hydroxylation is 4. The van der Waals surface area contributed by atoms with Crippen molar-refractivity contribution in [2.24, 2.45) is 0 Å². The Balaban J connectivity index is 0.00000481. The summed E-state index contributed by atoms with van der Waals surface area (Å²) < 4.78 is 97.2. The molecule has 3 aliphatic rings. The van der Waals surface area contributed by atoms with E-state index in [0.29, 0.717) is 48.4 Å². The molecular formula is C34H42ClFN6O3. The van der Waals surface area contributed by atoms with E-state index in [0.717, 1.165) is 12.8 Å². The highest BCUT2D eigenvalue weighted by molar-refractivity contribution is 5.79. The predicted octanol–water partition coefficient (Wildman–Crippen LogP) is 1.55. The van der Waals surface area contributed by atoms with Gasteiger partial charge in [-0.15, -0.1) is 0 Å². The molecule has 0 saturated carbocycles. The summed E-state index contributed by atoms with van der Waals surface area (Å²) in [6.07, 6.45) is -2.46. The van der Waals surface area contributed by atoms with Crippen LogP contribution in [0.4, 0.5) is 4.39 Å². The Morgan fingerprint density at radius 2 is 1.47 bits per heavy atom. The van der Waals surface area contributed by atoms with Crippen molar-refractivity contribution in [2.75, 3.05) is 26.1 Å². The van der Waals surface area contributed by atoms with Crippen molar-refractivity contribution in [1.82, 2.24) is 24.3 Å². The van der Waals surface area contributed by atoms with Gasteiger partial charge in [-0.2, -0.15) is 0 Å². The molecule has 0 atom stereocenters. The normalized spacial score (nSPS) is 21.8. The van der Waals surface area contributed by atoms with Crippen molar-refractivity contribution >= 4 is 11.0 Å².